The lowest BCUT2D eigenvalue weighted by molar-refractivity contribution is 1.32. The summed E-state index contributed by atoms with van der Waals surface area (Å²) in [6, 6.07) is 21.2. The number of hydrogen-bond donors (Lipinski definition) is 0. The average molecular weight is 259 g/mol. The van der Waals surface area contributed by atoms with Crippen LogP contribution in [0.4, 0.5) is 0 Å². The fraction of sp³-hybridized carbons (Fsp3) is 0.105. The van der Waals surface area contributed by atoms with Crippen LogP contribution in [0, 0.1) is 13.8 Å². The van der Waals surface area contributed by atoms with Crippen molar-refractivity contribution in [2.45, 2.75) is 13.8 Å². The summed E-state index contributed by atoms with van der Waals surface area (Å²) in [6.45, 7) is 4.28. The Morgan fingerprint density at radius 1 is 0.750 bits per heavy atom. The van der Waals surface area contributed by atoms with Gasteiger partial charge in [-0.1, -0.05) is 48.0 Å². The minimum Gasteiger partial charge on any atom is -0.256 e. The van der Waals surface area contributed by atoms with Crippen LogP contribution in [0.1, 0.15) is 11.1 Å². The van der Waals surface area contributed by atoms with Crippen molar-refractivity contribution in [2.75, 3.05) is 0 Å². The van der Waals surface area contributed by atoms with Crippen molar-refractivity contribution in [3.05, 3.63) is 78.0 Å². The van der Waals surface area contributed by atoms with Gasteiger partial charge in [0.25, 0.3) is 0 Å². The lowest BCUT2D eigenvalue weighted by atomic mass is 9.96. The van der Waals surface area contributed by atoms with Gasteiger partial charge < -0.3 is 0 Å². The molecule has 1 heterocycles. The summed E-state index contributed by atoms with van der Waals surface area (Å²) in [5.74, 6) is 0. The van der Waals surface area contributed by atoms with E-state index in [-0.39, 0.29) is 0 Å². The van der Waals surface area contributed by atoms with Gasteiger partial charge in [-0.25, -0.2) is 0 Å². The Morgan fingerprint density at radius 2 is 1.65 bits per heavy atom. The third kappa shape index (κ3) is 2.48. The molecule has 0 aliphatic rings. The second-order valence-corrected chi connectivity index (χ2v) is 5.11. The molecule has 0 radical (unpaired) electrons. The van der Waals surface area contributed by atoms with Gasteiger partial charge in [-0.05, 0) is 48.7 Å². The fourth-order valence-electron chi connectivity index (χ4n) is 2.49. The Kier molecular flexibility index (Phi) is 3.34. The quantitative estimate of drug-likeness (QED) is 0.628. The van der Waals surface area contributed by atoms with Crippen LogP contribution in [0.15, 0.2) is 66.9 Å². The molecule has 98 valence electrons. The summed E-state index contributed by atoms with van der Waals surface area (Å²) in [5.41, 5.74) is 7.31. The van der Waals surface area contributed by atoms with Crippen molar-refractivity contribution >= 4 is 0 Å². The molecule has 0 aliphatic heterocycles. The van der Waals surface area contributed by atoms with Crippen LogP contribution in [0.2, 0.25) is 0 Å². The van der Waals surface area contributed by atoms with Gasteiger partial charge >= 0.3 is 0 Å². The van der Waals surface area contributed by atoms with E-state index in [9.17, 15) is 0 Å². The SMILES string of the molecule is Cc1cccc(-c2ccc(-c3ccccn3)cc2C)c1. The molecule has 0 saturated carbocycles. The number of benzene rings is 2. The van der Waals surface area contributed by atoms with E-state index in [0.717, 1.165) is 5.69 Å². The molecule has 0 saturated heterocycles. The summed E-state index contributed by atoms with van der Waals surface area (Å²) in [6.07, 6.45) is 1.83. The molecule has 0 fully saturated rings. The molecular weight excluding hydrogens is 242 g/mol. The van der Waals surface area contributed by atoms with Crippen LogP contribution in [0.5, 0.6) is 0 Å². The molecule has 0 aliphatic carbocycles. The van der Waals surface area contributed by atoms with Crippen LogP contribution in [0.25, 0.3) is 22.4 Å². The first kappa shape index (κ1) is 12.6. The second-order valence-electron chi connectivity index (χ2n) is 5.11. The third-order valence-corrected chi connectivity index (χ3v) is 3.52. The Hall–Kier alpha value is -2.41. The summed E-state index contributed by atoms with van der Waals surface area (Å²) < 4.78 is 0. The largest absolute Gasteiger partial charge is 0.256 e. The van der Waals surface area contributed by atoms with Crippen LogP contribution in [0.3, 0.4) is 0 Å². The van der Waals surface area contributed by atoms with Crippen LogP contribution < -0.4 is 0 Å². The highest BCUT2D eigenvalue weighted by atomic mass is 14.7. The molecule has 0 spiro atoms. The van der Waals surface area contributed by atoms with E-state index in [0.29, 0.717) is 0 Å². The number of hydrogen-bond acceptors (Lipinski definition) is 1. The van der Waals surface area contributed by atoms with Gasteiger partial charge in [0.1, 0.15) is 0 Å². The maximum Gasteiger partial charge on any atom is 0.0702 e. The molecule has 0 bridgehead atoms. The zero-order valence-electron chi connectivity index (χ0n) is 11.8. The van der Waals surface area contributed by atoms with E-state index in [2.05, 4.69) is 61.3 Å². The second kappa shape index (κ2) is 5.30. The van der Waals surface area contributed by atoms with Crippen molar-refractivity contribution < 1.29 is 0 Å². The number of aryl methyl sites for hydroxylation is 2. The van der Waals surface area contributed by atoms with Crippen molar-refractivity contribution in [3.63, 3.8) is 0 Å². The molecule has 0 unspecified atom stereocenters. The van der Waals surface area contributed by atoms with Crippen molar-refractivity contribution in [1.29, 1.82) is 0 Å². The topological polar surface area (TPSA) is 12.9 Å². The predicted octanol–water partition coefficient (Wildman–Crippen LogP) is 5.03. The van der Waals surface area contributed by atoms with Crippen molar-refractivity contribution in [2.24, 2.45) is 0 Å². The molecular formula is C19H17N. The number of aromatic nitrogens is 1. The van der Waals surface area contributed by atoms with Gasteiger partial charge in [0, 0.05) is 11.8 Å². The summed E-state index contributed by atoms with van der Waals surface area (Å²) in [5, 5.41) is 0. The minimum atomic E-state index is 1.02. The van der Waals surface area contributed by atoms with Crippen molar-refractivity contribution in [3.8, 4) is 22.4 Å². The molecule has 0 amide bonds. The zero-order valence-corrected chi connectivity index (χ0v) is 11.8. The van der Waals surface area contributed by atoms with E-state index in [4.69, 9.17) is 0 Å². The third-order valence-electron chi connectivity index (χ3n) is 3.52. The molecule has 2 aromatic carbocycles. The van der Waals surface area contributed by atoms with Gasteiger partial charge in [-0.3, -0.25) is 4.98 Å². The number of pyridine rings is 1. The molecule has 0 atom stereocenters. The maximum absolute atomic E-state index is 4.41. The molecule has 1 heteroatoms. The summed E-state index contributed by atoms with van der Waals surface area (Å²) in [4.78, 5) is 4.41. The Labute approximate surface area is 119 Å². The molecule has 20 heavy (non-hydrogen) atoms. The highest BCUT2D eigenvalue weighted by Gasteiger charge is 2.05. The van der Waals surface area contributed by atoms with Gasteiger partial charge in [0.2, 0.25) is 0 Å². The highest BCUT2D eigenvalue weighted by molar-refractivity contribution is 5.72. The van der Waals surface area contributed by atoms with E-state index in [1.165, 1.54) is 27.8 Å². The number of nitrogens with zero attached hydrogens (tertiary/aromatic N) is 1. The predicted molar refractivity (Wildman–Crippen MR) is 84.6 cm³/mol. The highest BCUT2D eigenvalue weighted by Crippen LogP contribution is 2.28. The number of rotatable bonds is 2. The maximum atomic E-state index is 4.41. The lowest BCUT2D eigenvalue weighted by Crippen LogP contribution is -1.87. The molecule has 0 N–H and O–H groups in total. The van der Waals surface area contributed by atoms with E-state index in [1.54, 1.807) is 0 Å². The van der Waals surface area contributed by atoms with Gasteiger partial charge in [0.15, 0.2) is 0 Å². The van der Waals surface area contributed by atoms with Gasteiger partial charge in [-0.15, -0.1) is 0 Å². The minimum absolute atomic E-state index is 1.02. The summed E-state index contributed by atoms with van der Waals surface area (Å²) >= 11 is 0. The summed E-state index contributed by atoms with van der Waals surface area (Å²) in [7, 11) is 0. The Morgan fingerprint density at radius 3 is 2.35 bits per heavy atom. The van der Waals surface area contributed by atoms with E-state index < -0.39 is 0 Å². The van der Waals surface area contributed by atoms with Gasteiger partial charge in [-0.2, -0.15) is 0 Å². The van der Waals surface area contributed by atoms with E-state index in [1.807, 2.05) is 24.4 Å². The van der Waals surface area contributed by atoms with Crippen molar-refractivity contribution in [1.82, 2.24) is 4.98 Å². The average Bonchev–Trinajstić information content (AvgIpc) is 2.48. The van der Waals surface area contributed by atoms with Crippen LogP contribution in [-0.4, -0.2) is 4.98 Å². The fourth-order valence-corrected chi connectivity index (χ4v) is 2.49. The molecule has 3 rings (SSSR count). The zero-order chi connectivity index (χ0) is 13.9. The van der Waals surface area contributed by atoms with Crippen LogP contribution >= 0.6 is 0 Å². The first-order chi connectivity index (χ1) is 9.74. The Bertz CT molecular complexity index is 730. The molecule has 3 aromatic rings. The standard InChI is InChI=1S/C19H17N/c1-14-6-5-7-16(12-14)18-10-9-17(13-15(18)2)19-8-3-4-11-20-19/h3-13H,1-2H3. The Balaban J connectivity index is 2.04. The lowest BCUT2D eigenvalue weighted by Gasteiger charge is -2.09. The normalized spacial score (nSPS) is 10.5. The first-order valence-corrected chi connectivity index (χ1v) is 6.83. The molecule has 1 nitrogen and oxygen atoms in total. The molecule has 1 aromatic heterocycles. The van der Waals surface area contributed by atoms with Crippen LogP contribution in [-0.2, 0) is 0 Å². The monoisotopic (exact) mass is 259 g/mol. The van der Waals surface area contributed by atoms with Gasteiger partial charge in [0.05, 0.1) is 5.69 Å². The smallest absolute Gasteiger partial charge is 0.0702 e. The first-order valence-electron chi connectivity index (χ1n) is 6.83. The van der Waals surface area contributed by atoms with E-state index >= 15 is 0 Å².